The zero-order valence-electron chi connectivity index (χ0n) is 6.74. The third kappa shape index (κ3) is 2.02. The molecule has 0 saturated heterocycles. The molecule has 0 saturated carbocycles. The van der Waals surface area contributed by atoms with Crippen LogP contribution in [0.2, 0.25) is 0 Å². The van der Waals surface area contributed by atoms with Crippen LogP contribution in [0.4, 0.5) is 0 Å². The fourth-order valence-electron chi connectivity index (χ4n) is 1.11. The molecule has 0 aliphatic heterocycles. The van der Waals surface area contributed by atoms with Crippen molar-refractivity contribution in [2.24, 2.45) is 5.73 Å². The first-order valence-electron chi connectivity index (χ1n) is 3.79. The van der Waals surface area contributed by atoms with Crippen molar-refractivity contribution in [2.45, 2.75) is 6.04 Å². The molecule has 2 rings (SSSR count). The molecule has 1 nitrogen and oxygen atoms in total. The molecule has 0 radical (unpaired) electrons. The van der Waals surface area contributed by atoms with E-state index in [1.165, 1.54) is 10.4 Å². The highest BCUT2D eigenvalue weighted by molar-refractivity contribution is 9.10. The smallest absolute Gasteiger partial charge is 0.0654 e. The summed E-state index contributed by atoms with van der Waals surface area (Å²) in [5.74, 6) is 0. The van der Waals surface area contributed by atoms with Crippen molar-refractivity contribution in [1.82, 2.24) is 0 Å². The van der Waals surface area contributed by atoms with Crippen LogP contribution in [-0.4, -0.2) is 0 Å². The summed E-state index contributed by atoms with van der Waals surface area (Å²) in [6, 6.07) is 4.18. The van der Waals surface area contributed by atoms with E-state index in [-0.39, 0.29) is 6.04 Å². The highest BCUT2D eigenvalue weighted by Gasteiger charge is 2.10. The van der Waals surface area contributed by atoms with E-state index in [4.69, 9.17) is 5.73 Å². The number of rotatable bonds is 2. The molecule has 2 aromatic heterocycles. The van der Waals surface area contributed by atoms with Gasteiger partial charge in [0.05, 0.1) is 6.04 Å². The molecule has 0 bridgehead atoms. The number of nitrogens with two attached hydrogens (primary N) is 1. The van der Waals surface area contributed by atoms with Crippen molar-refractivity contribution in [1.29, 1.82) is 0 Å². The highest BCUT2D eigenvalue weighted by atomic mass is 79.9. The van der Waals surface area contributed by atoms with E-state index in [0.29, 0.717) is 0 Å². The van der Waals surface area contributed by atoms with Gasteiger partial charge in [-0.1, -0.05) is 0 Å². The van der Waals surface area contributed by atoms with Gasteiger partial charge in [0.2, 0.25) is 0 Å². The van der Waals surface area contributed by atoms with E-state index in [2.05, 4.69) is 44.2 Å². The maximum Gasteiger partial charge on any atom is 0.0654 e. The molecular formula is C9H8BrNS2. The molecule has 4 heteroatoms. The van der Waals surface area contributed by atoms with Crippen molar-refractivity contribution in [3.63, 3.8) is 0 Å². The highest BCUT2D eigenvalue weighted by Crippen LogP contribution is 2.29. The first-order valence-corrected chi connectivity index (χ1v) is 6.40. The van der Waals surface area contributed by atoms with Crippen LogP contribution in [0.3, 0.4) is 0 Å². The van der Waals surface area contributed by atoms with Crippen LogP contribution in [0.15, 0.2) is 32.7 Å². The first-order chi connectivity index (χ1) is 6.27. The number of hydrogen-bond acceptors (Lipinski definition) is 3. The van der Waals surface area contributed by atoms with E-state index in [1.807, 2.05) is 0 Å². The maximum absolute atomic E-state index is 6.07. The van der Waals surface area contributed by atoms with Crippen LogP contribution >= 0.6 is 38.6 Å². The summed E-state index contributed by atoms with van der Waals surface area (Å²) in [5.41, 5.74) is 7.26. The van der Waals surface area contributed by atoms with E-state index in [1.54, 1.807) is 22.7 Å². The normalized spacial score (nSPS) is 13.1. The summed E-state index contributed by atoms with van der Waals surface area (Å²) in [5, 5.41) is 6.21. The SMILES string of the molecule is NC(c1ccsc1)c1cc(Br)cs1. The van der Waals surface area contributed by atoms with Crippen LogP contribution < -0.4 is 5.73 Å². The zero-order valence-corrected chi connectivity index (χ0v) is 9.95. The summed E-state index contributed by atoms with van der Waals surface area (Å²) in [7, 11) is 0. The molecule has 0 spiro atoms. The summed E-state index contributed by atoms with van der Waals surface area (Å²) >= 11 is 6.79. The Morgan fingerprint density at radius 2 is 2.23 bits per heavy atom. The van der Waals surface area contributed by atoms with Crippen LogP contribution in [0, 0.1) is 0 Å². The second-order valence-electron chi connectivity index (χ2n) is 2.70. The molecule has 2 heterocycles. The van der Waals surface area contributed by atoms with Crippen molar-refractivity contribution in [3.8, 4) is 0 Å². The van der Waals surface area contributed by atoms with Gasteiger partial charge in [-0.3, -0.25) is 0 Å². The Labute approximate surface area is 93.3 Å². The van der Waals surface area contributed by atoms with Crippen LogP contribution in [-0.2, 0) is 0 Å². The molecule has 1 unspecified atom stereocenters. The Bertz CT molecular complexity index is 380. The van der Waals surface area contributed by atoms with Crippen molar-refractivity contribution in [3.05, 3.63) is 43.2 Å². The molecule has 2 aromatic rings. The van der Waals surface area contributed by atoms with E-state index in [0.717, 1.165) is 4.47 Å². The lowest BCUT2D eigenvalue weighted by Crippen LogP contribution is -2.08. The third-order valence-electron chi connectivity index (χ3n) is 1.80. The second-order valence-corrected chi connectivity index (χ2v) is 5.34. The maximum atomic E-state index is 6.07. The van der Waals surface area contributed by atoms with Gasteiger partial charge in [-0.15, -0.1) is 11.3 Å². The molecule has 0 aromatic carbocycles. The van der Waals surface area contributed by atoms with Gasteiger partial charge in [0.1, 0.15) is 0 Å². The third-order valence-corrected chi connectivity index (χ3v) is 4.27. The quantitative estimate of drug-likeness (QED) is 0.889. The number of hydrogen-bond donors (Lipinski definition) is 1. The minimum absolute atomic E-state index is 0.0301. The van der Waals surface area contributed by atoms with Gasteiger partial charge in [0, 0.05) is 14.7 Å². The fraction of sp³-hybridized carbons (Fsp3) is 0.111. The minimum Gasteiger partial charge on any atom is -0.320 e. The molecule has 0 fully saturated rings. The Balaban J connectivity index is 2.28. The van der Waals surface area contributed by atoms with Crippen molar-refractivity contribution in [2.75, 3.05) is 0 Å². The Kier molecular flexibility index (Phi) is 2.83. The Morgan fingerprint density at radius 1 is 1.38 bits per heavy atom. The number of halogens is 1. The molecule has 0 aliphatic carbocycles. The second kappa shape index (κ2) is 3.92. The molecule has 13 heavy (non-hydrogen) atoms. The van der Waals surface area contributed by atoms with Crippen LogP contribution in [0.1, 0.15) is 16.5 Å². The molecule has 0 aliphatic rings. The molecular weight excluding hydrogens is 266 g/mol. The molecule has 68 valence electrons. The zero-order chi connectivity index (χ0) is 9.26. The van der Waals surface area contributed by atoms with Crippen molar-refractivity contribution < 1.29 is 0 Å². The van der Waals surface area contributed by atoms with Gasteiger partial charge in [-0.05, 0) is 44.4 Å². The lowest BCUT2D eigenvalue weighted by atomic mass is 10.1. The van der Waals surface area contributed by atoms with Gasteiger partial charge in [-0.25, -0.2) is 0 Å². The summed E-state index contributed by atoms with van der Waals surface area (Å²) in [4.78, 5) is 1.20. The average Bonchev–Trinajstić information content (AvgIpc) is 2.72. The van der Waals surface area contributed by atoms with Gasteiger partial charge < -0.3 is 5.73 Å². The fourth-order valence-corrected chi connectivity index (χ4v) is 3.28. The molecule has 1 atom stereocenters. The van der Waals surface area contributed by atoms with Crippen LogP contribution in [0.25, 0.3) is 0 Å². The van der Waals surface area contributed by atoms with Gasteiger partial charge in [0.25, 0.3) is 0 Å². The van der Waals surface area contributed by atoms with Gasteiger partial charge in [0.15, 0.2) is 0 Å². The number of thiophene rings is 2. The lowest BCUT2D eigenvalue weighted by Gasteiger charge is -2.05. The van der Waals surface area contributed by atoms with E-state index < -0.39 is 0 Å². The summed E-state index contributed by atoms with van der Waals surface area (Å²) in [6.45, 7) is 0. The van der Waals surface area contributed by atoms with E-state index in [9.17, 15) is 0 Å². The first kappa shape index (κ1) is 9.40. The Morgan fingerprint density at radius 3 is 2.77 bits per heavy atom. The predicted octanol–water partition coefficient (Wildman–Crippen LogP) is 3.62. The van der Waals surface area contributed by atoms with E-state index >= 15 is 0 Å². The topological polar surface area (TPSA) is 26.0 Å². The Hall–Kier alpha value is -0.160. The minimum atomic E-state index is 0.0301. The summed E-state index contributed by atoms with van der Waals surface area (Å²) < 4.78 is 1.11. The standard InChI is InChI=1S/C9H8BrNS2/c10-7-3-8(13-5-7)9(11)6-1-2-12-4-6/h1-5,9H,11H2. The van der Waals surface area contributed by atoms with Crippen LogP contribution in [0.5, 0.6) is 0 Å². The average molecular weight is 274 g/mol. The van der Waals surface area contributed by atoms with Crippen molar-refractivity contribution >= 4 is 38.6 Å². The predicted molar refractivity (Wildman–Crippen MR) is 62.4 cm³/mol. The largest absolute Gasteiger partial charge is 0.320 e. The molecule has 0 amide bonds. The van der Waals surface area contributed by atoms with Gasteiger partial charge in [-0.2, -0.15) is 11.3 Å². The summed E-state index contributed by atoms with van der Waals surface area (Å²) in [6.07, 6.45) is 0. The van der Waals surface area contributed by atoms with Gasteiger partial charge >= 0.3 is 0 Å². The lowest BCUT2D eigenvalue weighted by molar-refractivity contribution is 0.899. The monoisotopic (exact) mass is 273 g/mol. The molecule has 2 N–H and O–H groups in total.